The lowest BCUT2D eigenvalue weighted by atomic mass is 9.75. The molecule has 2 aromatic carbocycles. The largest absolute Gasteiger partial charge is 0.353 e. The molecular formula is C30H43ClN3O5P. The van der Waals surface area contributed by atoms with Gasteiger partial charge in [0.25, 0.3) is 0 Å². The van der Waals surface area contributed by atoms with Gasteiger partial charge in [0.05, 0.1) is 19.4 Å². The summed E-state index contributed by atoms with van der Waals surface area (Å²) in [7, 11) is 1.05. The molecule has 0 radical (unpaired) electrons. The quantitative estimate of drug-likeness (QED) is 0.246. The number of amides is 2. The second-order valence-corrected chi connectivity index (χ2v) is 13.1. The van der Waals surface area contributed by atoms with E-state index in [0.29, 0.717) is 18.9 Å². The Morgan fingerprint density at radius 2 is 1.60 bits per heavy atom. The average molecular weight is 592 g/mol. The van der Waals surface area contributed by atoms with Gasteiger partial charge in [-0.1, -0.05) is 35.9 Å². The third kappa shape index (κ3) is 9.71. The van der Waals surface area contributed by atoms with Crippen molar-refractivity contribution >= 4 is 36.7 Å². The van der Waals surface area contributed by atoms with Crippen molar-refractivity contribution < 1.29 is 23.2 Å². The lowest BCUT2D eigenvalue weighted by Gasteiger charge is -2.45. The first-order valence-electron chi connectivity index (χ1n) is 14.0. The molecule has 1 aliphatic carbocycles. The van der Waals surface area contributed by atoms with Crippen LogP contribution >= 0.6 is 19.2 Å². The minimum Gasteiger partial charge on any atom is -0.353 e. The van der Waals surface area contributed by atoms with Crippen molar-refractivity contribution in [1.82, 2.24) is 10.2 Å². The van der Waals surface area contributed by atoms with Crippen molar-refractivity contribution in [3.63, 3.8) is 0 Å². The highest BCUT2D eigenvalue weighted by molar-refractivity contribution is 7.53. The SMILES string of the molecule is CCOP(=O)(Cc1ccc(NC(=O)CCC(=O)NC2CCC(Cc3cccc(Cl)c3)(N(C)C)CC2)cc1)OCC. The van der Waals surface area contributed by atoms with Gasteiger partial charge in [0.2, 0.25) is 11.8 Å². The van der Waals surface area contributed by atoms with Crippen LogP contribution in [-0.4, -0.2) is 55.6 Å². The Hall–Kier alpha value is -2.22. The molecule has 0 unspecified atom stereocenters. The van der Waals surface area contributed by atoms with E-state index in [1.165, 1.54) is 5.56 Å². The summed E-state index contributed by atoms with van der Waals surface area (Å²) >= 11 is 6.20. The summed E-state index contributed by atoms with van der Waals surface area (Å²) in [5.74, 6) is -0.334. The summed E-state index contributed by atoms with van der Waals surface area (Å²) in [5.41, 5.74) is 2.66. The zero-order valence-corrected chi connectivity index (χ0v) is 25.7. The molecule has 0 atom stereocenters. The summed E-state index contributed by atoms with van der Waals surface area (Å²) < 4.78 is 23.4. The molecule has 2 aromatic rings. The zero-order chi connectivity index (χ0) is 29.2. The van der Waals surface area contributed by atoms with Crippen LogP contribution in [0.4, 0.5) is 5.69 Å². The first-order valence-corrected chi connectivity index (χ1v) is 16.1. The van der Waals surface area contributed by atoms with E-state index in [2.05, 4.69) is 35.7 Å². The molecule has 0 saturated heterocycles. The smallest absolute Gasteiger partial charge is 0.335 e. The lowest BCUT2D eigenvalue weighted by Crippen LogP contribution is -2.52. The van der Waals surface area contributed by atoms with E-state index in [0.717, 1.165) is 42.7 Å². The molecule has 2 amide bonds. The van der Waals surface area contributed by atoms with Gasteiger partial charge in [0.15, 0.2) is 0 Å². The Labute approximate surface area is 243 Å². The number of rotatable bonds is 14. The summed E-state index contributed by atoms with van der Waals surface area (Å²) in [4.78, 5) is 27.4. The molecule has 3 rings (SSSR count). The normalized spacial score (nSPS) is 19.4. The number of anilines is 1. The van der Waals surface area contributed by atoms with Crippen molar-refractivity contribution in [3.8, 4) is 0 Å². The minimum atomic E-state index is -3.19. The number of likely N-dealkylation sites (N-methyl/N-ethyl adjacent to an activating group) is 1. The van der Waals surface area contributed by atoms with Crippen LogP contribution in [0.2, 0.25) is 5.02 Å². The molecule has 1 aliphatic rings. The van der Waals surface area contributed by atoms with Gasteiger partial charge in [0.1, 0.15) is 0 Å². The Kier molecular flexibility index (Phi) is 12.2. The molecule has 0 spiro atoms. The molecule has 2 N–H and O–H groups in total. The van der Waals surface area contributed by atoms with Crippen LogP contribution in [0, 0.1) is 0 Å². The standard InChI is InChI=1S/C30H43ClN3O5P/c1-5-38-40(37,39-6-2)22-23-10-12-26(13-11-23)32-28(35)14-15-29(36)33-27-16-18-30(19-17-27,34(3)4)21-24-8-7-9-25(31)20-24/h7-13,20,27H,5-6,14-19,21-22H2,1-4H3,(H,32,35)(H,33,36). The number of nitrogens with zero attached hydrogens (tertiary/aromatic N) is 1. The first-order chi connectivity index (χ1) is 19.1. The molecular weight excluding hydrogens is 549 g/mol. The van der Waals surface area contributed by atoms with Crippen LogP contribution < -0.4 is 10.6 Å². The molecule has 40 heavy (non-hydrogen) atoms. The van der Waals surface area contributed by atoms with Gasteiger partial charge < -0.3 is 24.6 Å². The highest BCUT2D eigenvalue weighted by atomic mass is 35.5. The van der Waals surface area contributed by atoms with Crippen LogP contribution in [0.15, 0.2) is 48.5 Å². The number of carbonyl (C=O) groups is 2. The number of benzene rings is 2. The molecule has 10 heteroatoms. The van der Waals surface area contributed by atoms with Crippen LogP contribution in [-0.2, 0) is 35.8 Å². The number of nitrogens with one attached hydrogen (secondary N) is 2. The maximum Gasteiger partial charge on any atom is 0.335 e. The van der Waals surface area contributed by atoms with E-state index in [1.807, 2.05) is 18.2 Å². The number of carbonyl (C=O) groups excluding carboxylic acids is 2. The molecule has 1 fully saturated rings. The van der Waals surface area contributed by atoms with Crippen molar-refractivity contribution in [2.75, 3.05) is 32.6 Å². The van der Waals surface area contributed by atoms with Gasteiger partial charge in [-0.3, -0.25) is 14.2 Å². The van der Waals surface area contributed by atoms with Gasteiger partial charge in [-0.2, -0.15) is 0 Å². The molecule has 0 bridgehead atoms. The second kappa shape index (κ2) is 15.1. The Balaban J connectivity index is 1.42. The molecule has 0 aliphatic heterocycles. The van der Waals surface area contributed by atoms with Crippen LogP contribution in [0.1, 0.15) is 63.5 Å². The van der Waals surface area contributed by atoms with Crippen LogP contribution in [0.25, 0.3) is 0 Å². The van der Waals surface area contributed by atoms with Gasteiger partial charge in [-0.25, -0.2) is 0 Å². The lowest BCUT2D eigenvalue weighted by molar-refractivity contribution is -0.125. The van der Waals surface area contributed by atoms with Gasteiger partial charge >= 0.3 is 7.60 Å². The summed E-state index contributed by atoms with van der Waals surface area (Å²) in [6.07, 6.45) is 5.04. The van der Waals surface area contributed by atoms with Crippen LogP contribution in [0.3, 0.4) is 0 Å². The molecule has 220 valence electrons. The van der Waals surface area contributed by atoms with Gasteiger partial charge in [0, 0.05) is 35.1 Å². The van der Waals surface area contributed by atoms with E-state index in [-0.39, 0.29) is 42.4 Å². The summed E-state index contributed by atoms with van der Waals surface area (Å²) in [6.45, 7) is 4.17. The summed E-state index contributed by atoms with van der Waals surface area (Å²) in [6, 6.07) is 15.2. The van der Waals surface area contributed by atoms with E-state index in [4.69, 9.17) is 20.6 Å². The first kappa shape index (κ1) is 32.3. The topological polar surface area (TPSA) is 97.0 Å². The Bertz CT molecular complexity index is 1160. The predicted octanol–water partition coefficient (Wildman–Crippen LogP) is 6.43. The van der Waals surface area contributed by atoms with E-state index in [1.54, 1.807) is 38.1 Å². The predicted molar refractivity (Wildman–Crippen MR) is 161 cm³/mol. The maximum atomic E-state index is 12.7. The molecule has 8 nitrogen and oxygen atoms in total. The van der Waals surface area contributed by atoms with Crippen molar-refractivity contribution in [3.05, 3.63) is 64.7 Å². The maximum absolute atomic E-state index is 12.7. The third-order valence-corrected chi connectivity index (χ3v) is 9.79. The van der Waals surface area contributed by atoms with E-state index < -0.39 is 7.60 Å². The molecule has 0 heterocycles. The van der Waals surface area contributed by atoms with Crippen molar-refractivity contribution in [2.24, 2.45) is 0 Å². The van der Waals surface area contributed by atoms with Gasteiger partial charge in [-0.15, -0.1) is 0 Å². The number of hydrogen-bond acceptors (Lipinski definition) is 6. The Morgan fingerprint density at radius 3 is 2.17 bits per heavy atom. The highest BCUT2D eigenvalue weighted by Crippen LogP contribution is 2.51. The zero-order valence-electron chi connectivity index (χ0n) is 24.1. The molecule has 0 aromatic heterocycles. The fourth-order valence-electron chi connectivity index (χ4n) is 5.30. The van der Waals surface area contributed by atoms with Crippen molar-refractivity contribution in [1.29, 1.82) is 0 Å². The highest BCUT2D eigenvalue weighted by Gasteiger charge is 2.37. The third-order valence-electron chi connectivity index (χ3n) is 7.50. The van der Waals surface area contributed by atoms with E-state index in [9.17, 15) is 14.2 Å². The van der Waals surface area contributed by atoms with Gasteiger partial charge in [-0.05, 0) is 95.4 Å². The number of halogens is 1. The fourth-order valence-corrected chi connectivity index (χ4v) is 7.21. The minimum absolute atomic E-state index is 0.0321. The number of hydrogen-bond donors (Lipinski definition) is 2. The summed E-state index contributed by atoms with van der Waals surface area (Å²) in [5, 5.41) is 6.70. The second-order valence-electron chi connectivity index (χ2n) is 10.6. The van der Waals surface area contributed by atoms with Crippen LogP contribution in [0.5, 0.6) is 0 Å². The average Bonchev–Trinajstić information content (AvgIpc) is 2.90. The van der Waals surface area contributed by atoms with E-state index >= 15 is 0 Å². The molecule has 1 saturated carbocycles. The fraction of sp³-hybridized carbons (Fsp3) is 0.533. The van der Waals surface area contributed by atoms with Crippen molar-refractivity contribution in [2.45, 2.75) is 76.5 Å². The monoisotopic (exact) mass is 591 g/mol. The Morgan fingerprint density at radius 1 is 0.975 bits per heavy atom.